The number of amides is 1. The first-order chi connectivity index (χ1) is 14.8. The first-order valence-electron chi connectivity index (χ1n) is 10.5. The van der Waals surface area contributed by atoms with Crippen LogP contribution in [0.25, 0.3) is 11.2 Å². The third kappa shape index (κ3) is 4.17. The van der Waals surface area contributed by atoms with Gasteiger partial charge in [-0.15, -0.1) is 0 Å². The third-order valence-electron chi connectivity index (χ3n) is 6.11. The summed E-state index contributed by atoms with van der Waals surface area (Å²) in [4.78, 5) is 44.2. The van der Waals surface area contributed by atoms with Gasteiger partial charge in [0.1, 0.15) is 45.8 Å². The SMILES string of the molecule is Cn1c(=O)c2c(nc(C[NH+]3CC[NH+](Cc4ccccc4)CC3)n2CC(N)=O)n(C)c1=O. The Hall–Kier alpha value is -3.24. The number of nitrogens with one attached hydrogen (secondary N) is 2. The molecule has 0 spiro atoms. The van der Waals surface area contributed by atoms with E-state index in [9.17, 15) is 14.4 Å². The molecule has 1 fully saturated rings. The molecule has 0 unspecified atom stereocenters. The number of aromatic nitrogens is 4. The van der Waals surface area contributed by atoms with Crippen LogP contribution in [0, 0.1) is 0 Å². The van der Waals surface area contributed by atoms with Gasteiger partial charge in [0.25, 0.3) is 5.56 Å². The van der Waals surface area contributed by atoms with E-state index < -0.39 is 17.2 Å². The topological polar surface area (TPSA) is 114 Å². The van der Waals surface area contributed by atoms with E-state index in [1.165, 1.54) is 27.0 Å². The monoisotopic (exact) mass is 427 g/mol. The fraction of sp³-hybridized carbons (Fsp3) is 0.429. The van der Waals surface area contributed by atoms with Crippen LogP contribution >= 0.6 is 0 Å². The molecular formula is C21H29N7O3+2. The second-order valence-corrected chi connectivity index (χ2v) is 8.30. The normalized spacial score (nSPS) is 19.0. The van der Waals surface area contributed by atoms with Crippen molar-refractivity contribution in [2.75, 3.05) is 26.2 Å². The van der Waals surface area contributed by atoms with E-state index in [1.54, 1.807) is 11.6 Å². The minimum absolute atomic E-state index is 0.141. The molecule has 164 valence electrons. The van der Waals surface area contributed by atoms with Crippen molar-refractivity contribution >= 4 is 17.1 Å². The number of rotatable bonds is 6. The van der Waals surface area contributed by atoms with E-state index in [0.717, 1.165) is 37.3 Å². The van der Waals surface area contributed by atoms with Gasteiger partial charge in [0.05, 0.1) is 0 Å². The Balaban J connectivity index is 1.57. The number of quaternary nitrogens is 2. The number of fused-ring (bicyclic) bond motifs is 1. The van der Waals surface area contributed by atoms with Crippen LogP contribution in [0.4, 0.5) is 0 Å². The molecule has 31 heavy (non-hydrogen) atoms. The second kappa shape index (κ2) is 8.48. The summed E-state index contributed by atoms with van der Waals surface area (Å²) < 4.78 is 3.95. The number of nitrogens with two attached hydrogens (primary N) is 1. The van der Waals surface area contributed by atoms with Crippen LogP contribution < -0.4 is 26.8 Å². The van der Waals surface area contributed by atoms with Crippen molar-refractivity contribution in [3.05, 3.63) is 62.6 Å². The maximum Gasteiger partial charge on any atom is 0.332 e. The smallest absolute Gasteiger partial charge is 0.332 e. The van der Waals surface area contributed by atoms with Crippen LogP contribution in [0.1, 0.15) is 11.4 Å². The zero-order valence-corrected chi connectivity index (χ0v) is 17.9. The highest BCUT2D eigenvalue weighted by atomic mass is 16.2. The molecule has 0 radical (unpaired) electrons. The number of benzene rings is 1. The van der Waals surface area contributed by atoms with Gasteiger partial charge in [-0.3, -0.25) is 18.7 Å². The van der Waals surface area contributed by atoms with E-state index in [0.29, 0.717) is 12.4 Å². The molecule has 0 saturated carbocycles. The molecule has 4 N–H and O–H groups in total. The molecule has 1 aliphatic heterocycles. The molecule has 10 nitrogen and oxygen atoms in total. The van der Waals surface area contributed by atoms with Gasteiger partial charge in [-0.25, -0.2) is 9.78 Å². The average Bonchev–Trinajstić information content (AvgIpc) is 3.10. The minimum atomic E-state index is -0.552. The quantitative estimate of drug-likeness (QED) is 0.377. The van der Waals surface area contributed by atoms with Crippen LogP contribution in [0.15, 0.2) is 39.9 Å². The number of imidazole rings is 1. The van der Waals surface area contributed by atoms with Gasteiger partial charge < -0.3 is 20.1 Å². The molecule has 3 heterocycles. The largest absolute Gasteiger partial charge is 0.368 e. The summed E-state index contributed by atoms with van der Waals surface area (Å²) in [6.07, 6.45) is 0. The van der Waals surface area contributed by atoms with Crippen molar-refractivity contribution in [2.24, 2.45) is 19.8 Å². The summed E-state index contributed by atoms with van der Waals surface area (Å²) in [6.45, 7) is 5.40. The first kappa shape index (κ1) is 21.0. The van der Waals surface area contributed by atoms with Gasteiger partial charge in [-0.2, -0.15) is 0 Å². The van der Waals surface area contributed by atoms with Crippen LogP contribution in [0.3, 0.4) is 0 Å². The fourth-order valence-corrected chi connectivity index (χ4v) is 4.37. The Labute approximate surface area is 179 Å². The number of nitrogens with zero attached hydrogens (tertiary/aromatic N) is 4. The van der Waals surface area contributed by atoms with E-state index in [2.05, 4.69) is 29.2 Å². The van der Waals surface area contributed by atoms with Gasteiger partial charge in [-0.1, -0.05) is 30.3 Å². The summed E-state index contributed by atoms with van der Waals surface area (Å²) in [5.74, 6) is 0.0530. The highest BCUT2D eigenvalue weighted by molar-refractivity contribution is 5.78. The lowest BCUT2D eigenvalue weighted by Gasteiger charge is -2.29. The highest BCUT2D eigenvalue weighted by Crippen LogP contribution is 2.10. The average molecular weight is 428 g/mol. The highest BCUT2D eigenvalue weighted by Gasteiger charge is 2.27. The summed E-state index contributed by atoms with van der Waals surface area (Å²) in [5.41, 5.74) is 6.40. The number of carbonyl (C=O) groups excluding carboxylic acids is 1. The standard InChI is InChI=1S/C21H27N7O3/c1-24-19-18(20(30)25(2)21(24)31)28(13-16(22)29)17(23-19)14-27-10-8-26(9-11-27)12-15-6-4-3-5-7-15/h3-7H,8-14H2,1-2H3,(H2,22,29)/p+2. The fourth-order valence-electron chi connectivity index (χ4n) is 4.37. The van der Waals surface area contributed by atoms with Crippen molar-refractivity contribution in [1.82, 2.24) is 18.7 Å². The molecule has 1 aromatic carbocycles. The third-order valence-corrected chi connectivity index (χ3v) is 6.11. The van der Waals surface area contributed by atoms with E-state index in [-0.39, 0.29) is 17.7 Å². The molecule has 3 aromatic rings. The predicted octanol–water partition coefficient (Wildman–Crippen LogP) is -3.60. The Kier molecular flexibility index (Phi) is 5.75. The maximum atomic E-state index is 12.8. The Morgan fingerprint density at radius 1 is 1.00 bits per heavy atom. The zero-order chi connectivity index (χ0) is 22.1. The van der Waals surface area contributed by atoms with Crippen molar-refractivity contribution in [1.29, 1.82) is 0 Å². The zero-order valence-electron chi connectivity index (χ0n) is 17.9. The summed E-state index contributed by atoms with van der Waals surface area (Å²) in [7, 11) is 3.00. The van der Waals surface area contributed by atoms with Crippen LogP contribution in [0.2, 0.25) is 0 Å². The molecule has 0 atom stereocenters. The van der Waals surface area contributed by atoms with Gasteiger partial charge in [0.2, 0.25) is 5.91 Å². The molecule has 4 rings (SSSR count). The van der Waals surface area contributed by atoms with Crippen molar-refractivity contribution in [2.45, 2.75) is 19.6 Å². The van der Waals surface area contributed by atoms with Crippen molar-refractivity contribution in [3.8, 4) is 0 Å². The number of hydrogen-bond acceptors (Lipinski definition) is 4. The van der Waals surface area contributed by atoms with Gasteiger partial charge >= 0.3 is 5.69 Å². The number of primary amides is 1. The molecule has 2 aromatic heterocycles. The lowest BCUT2D eigenvalue weighted by atomic mass is 10.2. The van der Waals surface area contributed by atoms with Gasteiger partial charge in [0, 0.05) is 19.7 Å². The van der Waals surface area contributed by atoms with E-state index >= 15 is 0 Å². The van der Waals surface area contributed by atoms with Crippen molar-refractivity contribution < 1.29 is 14.6 Å². The Morgan fingerprint density at radius 2 is 1.61 bits per heavy atom. The Morgan fingerprint density at radius 3 is 2.23 bits per heavy atom. The van der Waals surface area contributed by atoms with Crippen molar-refractivity contribution in [3.63, 3.8) is 0 Å². The summed E-state index contributed by atoms with van der Waals surface area (Å²) in [6, 6.07) is 10.5. The van der Waals surface area contributed by atoms with Gasteiger partial charge in [0.15, 0.2) is 17.0 Å². The number of carbonyl (C=O) groups is 1. The maximum absolute atomic E-state index is 12.8. The van der Waals surface area contributed by atoms with E-state index in [4.69, 9.17) is 5.73 Å². The lowest BCUT2D eigenvalue weighted by molar-refractivity contribution is -1.02. The molecular weight excluding hydrogens is 398 g/mol. The second-order valence-electron chi connectivity index (χ2n) is 8.30. The number of aryl methyl sites for hydroxylation is 1. The summed E-state index contributed by atoms with van der Waals surface area (Å²) in [5, 5.41) is 0. The molecule has 1 saturated heterocycles. The first-order valence-corrected chi connectivity index (χ1v) is 10.5. The Bertz CT molecular complexity index is 1220. The molecule has 1 aliphatic rings. The molecule has 0 bridgehead atoms. The minimum Gasteiger partial charge on any atom is -0.368 e. The lowest BCUT2D eigenvalue weighted by Crippen LogP contribution is -3.27. The molecule has 0 aliphatic carbocycles. The van der Waals surface area contributed by atoms with E-state index in [1.807, 2.05) is 6.07 Å². The molecule has 10 heteroatoms. The van der Waals surface area contributed by atoms with Crippen LogP contribution in [0.5, 0.6) is 0 Å². The number of hydrogen-bond donors (Lipinski definition) is 3. The van der Waals surface area contributed by atoms with Crippen LogP contribution in [-0.4, -0.2) is 50.8 Å². The summed E-state index contributed by atoms with van der Waals surface area (Å²) >= 11 is 0. The number of piperazine rings is 1. The van der Waals surface area contributed by atoms with Gasteiger partial charge in [-0.05, 0) is 0 Å². The van der Waals surface area contributed by atoms with Crippen LogP contribution in [-0.2, 0) is 38.5 Å². The molecule has 1 amide bonds. The predicted molar refractivity (Wildman–Crippen MR) is 115 cm³/mol.